The van der Waals surface area contributed by atoms with Crippen molar-refractivity contribution in [3.63, 3.8) is 0 Å². The molecule has 0 atom stereocenters. The van der Waals surface area contributed by atoms with Crippen molar-refractivity contribution in [1.29, 1.82) is 5.26 Å². The van der Waals surface area contributed by atoms with Crippen LogP contribution < -0.4 is 19.9 Å². The number of nitrogens with zero attached hydrogens (tertiary/aromatic N) is 2. The number of aromatic nitrogens is 1. The summed E-state index contributed by atoms with van der Waals surface area (Å²) in [5.41, 5.74) is 7.16. The van der Waals surface area contributed by atoms with Gasteiger partial charge in [-0.25, -0.2) is 0 Å². The molecule has 2 aromatic rings. The molecule has 0 fully saturated rings. The summed E-state index contributed by atoms with van der Waals surface area (Å²) in [5.74, 6) is 1.31. The van der Waals surface area contributed by atoms with Crippen LogP contribution in [-0.2, 0) is 0 Å². The van der Waals surface area contributed by atoms with Crippen molar-refractivity contribution in [1.82, 2.24) is 4.98 Å². The van der Waals surface area contributed by atoms with Crippen LogP contribution in [0.5, 0.6) is 17.2 Å². The summed E-state index contributed by atoms with van der Waals surface area (Å²) < 4.78 is 15.8. The smallest absolute Gasteiger partial charge is 0.204 e. The molecule has 6 heteroatoms. The number of pyridine rings is 1. The SMILES string of the molecule is COc1cc2ncc(C#N)c(N)c2c(OC)c1OC. The molecule has 0 radical (unpaired) electrons. The molecule has 0 unspecified atom stereocenters. The minimum absolute atomic E-state index is 0.290. The van der Waals surface area contributed by atoms with Gasteiger partial charge in [-0.05, 0) is 0 Å². The van der Waals surface area contributed by atoms with Crippen LogP contribution in [0.1, 0.15) is 5.56 Å². The van der Waals surface area contributed by atoms with Gasteiger partial charge in [-0.2, -0.15) is 5.26 Å². The molecule has 0 aliphatic heterocycles. The van der Waals surface area contributed by atoms with E-state index in [9.17, 15) is 0 Å². The molecule has 2 rings (SSSR count). The van der Waals surface area contributed by atoms with Crippen molar-refractivity contribution < 1.29 is 14.2 Å². The fourth-order valence-electron chi connectivity index (χ4n) is 1.93. The number of hydrogen-bond acceptors (Lipinski definition) is 6. The van der Waals surface area contributed by atoms with Gasteiger partial charge in [0.2, 0.25) is 5.75 Å². The number of rotatable bonds is 3. The van der Waals surface area contributed by atoms with Gasteiger partial charge < -0.3 is 19.9 Å². The van der Waals surface area contributed by atoms with E-state index in [2.05, 4.69) is 4.98 Å². The number of nitriles is 1. The zero-order valence-electron chi connectivity index (χ0n) is 10.9. The second-order valence-electron chi connectivity index (χ2n) is 3.74. The molecule has 0 saturated heterocycles. The first-order chi connectivity index (χ1) is 9.17. The molecule has 0 bridgehead atoms. The van der Waals surface area contributed by atoms with Gasteiger partial charge in [0.25, 0.3) is 0 Å². The minimum Gasteiger partial charge on any atom is -0.493 e. The third-order valence-corrected chi connectivity index (χ3v) is 2.82. The van der Waals surface area contributed by atoms with Crippen LogP contribution in [0.15, 0.2) is 12.3 Å². The summed E-state index contributed by atoms with van der Waals surface area (Å²) in [6.45, 7) is 0. The molecule has 2 N–H and O–H groups in total. The van der Waals surface area contributed by atoms with Gasteiger partial charge in [-0.1, -0.05) is 0 Å². The van der Waals surface area contributed by atoms with E-state index in [4.69, 9.17) is 25.2 Å². The zero-order chi connectivity index (χ0) is 14.0. The molecule has 1 heterocycles. The first-order valence-corrected chi connectivity index (χ1v) is 5.45. The summed E-state index contributed by atoms with van der Waals surface area (Å²) in [7, 11) is 4.52. The second-order valence-corrected chi connectivity index (χ2v) is 3.74. The molecule has 0 aliphatic carbocycles. The van der Waals surface area contributed by atoms with E-state index in [1.807, 2.05) is 6.07 Å². The quantitative estimate of drug-likeness (QED) is 0.902. The Kier molecular flexibility index (Phi) is 3.29. The Balaban J connectivity index is 2.95. The molecule has 19 heavy (non-hydrogen) atoms. The van der Waals surface area contributed by atoms with Crippen molar-refractivity contribution in [3.8, 4) is 23.3 Å². The average Bonchev–Trinajstić information content (AvgIpc) is 2.45. The Morgan fingerprint density at radius 2 is 1.84 bits per heavy atom. The molecular weight excluding hydrogens is 246 g/mol. The number of nitrogens with two attached hydrogens (primary N) is 1. The predicted octanol–water partition coefficient (Wildman–Crippen LogP) is 1.71. The molecule has 0 amide bonds. The highest BCUT2D eigenvalue weighted by atomic mass is 16.5. The van der Waals surface area contributed by atoms with E-state index in [1.165, 1.54) is 27.5 Å². The van der Waals surface area contributed by atoms with Crippen molar-refractivity contribution in [3.05, 3.63) is 17.8 Å². The first-order valence-electron chi connectivity index (χ1n) is 5.45. The Hall–Kier alpha value is -2.68. The monoisotopic (exact) mass is 259 g/mol. The predicted molar refractivity (Wildman–Crippen MR) is 70.5 cm³/mol. The zero-order valence-corrected chi connectivity index (χ0v) is 10.9. The molecular formula is C13H13N3O3. The number of ether oxygens (including phenoxy) is 3. The maximum absolute atomic E-state index is 9.00. The number of hydrogen-bond donors (Lipinski definition) is 1. The number of methoxy groups -OCH3 is 3. The van der Waals surface area contributed by atoms with Gasteiger partial charge in [0.15, 0.2) is 11.5 Å². The molecule has 1 aromatic heterocycles. The van der Waals surface area contributed by atoms with Crippen LogP contribution in [0, 0.1) is 11.3 Å². The molecule has 0 saturated carbocycles. The standard InChI is InChI=1S/C13H13N3O3/c1-17-9-4-8-10(13(19-3)12(9)18-2)11(15)7(5-14)6-16-8/h4,6H,1-3H3,(H2,15,16). The summed E-state index contributed by atoms with van der Waals surface area (Å²) >= 11 is 0. The molecule has 6 nitrogen and oxygen atoms in total. The topological polar surface area (TPSA) is 90.4 Å². The summed E-state index contributed by atoms with van der Waals surface area (Å²) in [6, 6.07) is 3.68. The van der Waals surface area contributed by atoms with E-state index in [0.717, 1.165) is 0 Å². The Bertz CT molecular complexity index is 677. The van der Waals surface area contributed by atoms with Crippen LogP contribution in [0.4, 0.5) is 5.69 Å². The Morgan fingerprint density at radius 3 is 2.37 bits per heavy atom. The maximum atomic E-state index is 9.00. The van der Waals surface area contributed by atoms with Gasteiger partial charge in [-0.3, -0.25) is 4.98 Å². The van der Waals surface area contributed by atoms with Crippen molar-refractivity contribution in [2.45, 2.75) is 0 Å². The lowest BCUT2D eigenvalue weighted by atomic mass is 10.1. The largest absolute Gasteiger partial charge is 0.493 e. The van der Waals surface area contributed by atoms with Crippen molar-refractivity contribution in [2.24, 2.45) is 0 Å². The van der Waals surface area contributed by atoms with Crippen LogP contribution in [0.25, 0.3) is 10.9 Å². The Labute approximate surface area is 110 Å². The van der Waals surface area contributed by atoms with Gasteiger partial charge in [0, 0.05) is 12.3 Å². The summed E-state index contributed by atoms with van der Waals surface area (Å²) in [4.78, 5) is 4.19. The van der Waals surface area contributed by atoms with Gasteiger partial charge in [0.05, 0.1) is 43.5 Å². The van der Waals surface area contributed by atoms with E-state index in [1.54, 1.807) is 6.07 Å². The van der Waals surface area contributed by atoms with Crippen LogP contribution in [0.3, 0.4) is 0 Å². The van der Waals surface area contributed by atoms with Gasteiger partial charge in [-0.15, -0.1) is 0 Å². The lowest BCUT2D eigenvalue weighted by Crippen LogP contribution is -2.00. The van der Waals surface area contributed by atoms with Crippen molar-refractivity contribution in [2.75, 3.05) is 27.1 Å². The van der Waals surface area contributed by atoms with E-state index in [0.29, 0.717) is 33.8 Å². The van der Waals surface area contributed by atoms with E-state index in [-0.39, 0.29) is 5.56 Å². The van der Waals surface area contributed by atoms with Crippen LogP contribution in [-0.4, -0.2) is 26.3 Å². The first kappa shape index (κ1) is 12.8. The average molecular weight is 259 g/mol. The van der Waals surface area contributed by atoms with Gasteiger partial charge >= 0.3 is 0 Å². The minimum atomic E-state index is 0.290. The molecule has 0 spiro atoms. The lowest BCUT2D eigenvalue weighted by molar-refractivity contribution is 0.327. The maximum Gasteiger partial charge on any atom is 0.204 e. The number of benzene rings is 1. The van der Waals surface area contributed by atoms with Crippen molar-refractivity contribution >= 4 is 16.6 Å². The number of nitrogen functional groups attached to an aromatic ring is 1. The molecule has 98 valence electrons. The fourth-order valence-corrected chi connectivity index (χ4v) is 1.93. The van der Waals surface area contributed by atoms with Crippen LogP contribution >= 0.6 is 0 Å². The van der Waals surface area contributed by atoms with Crippen LogP contribution in [0.2, 0.25) is 0 Å². The Morgan fingerprint density at radius 1 is 1.16 bits per heavy atom. The third-order valence-electron chi connectivity index (χ3n) is 2.82. The highest BCUT2D eigenvalue weighted by Gasteiger charge is 2.19. The molecule has 0 aliphatic rings. The van der Waals surface area contributed by atoms with E-state index >= 15 is 0 Å². The number of anilines is 1. The normalized spacial score (nSPS) is 10.0. The lowest BCUT2D eigenvalue weighted by Gasteiger charge is -2.15. The molecule has 1 aromatic carbocycles. The number of fused-ring (bicyclic) bond motifs is 1. The fraction of sp³-hybridized carbons (Fsp3) is 0.231. The van der Waals surface area contributed by atoms with Gasteiger partial charge in [0.1, 0.15) is 6.07 Å². The highest BCUT2D eigenvalue weighted by molar-refractivity contribution is 6.00. The summed E-state index contributed by atoms with van der Waals surface area (Å²) in [5, 5.41) is 9.54. The second kappa shape index (κ2) is 4.90. The highest BCUT2D eigenvalue weighted by Crippen LogP contribution is 2.45. The van der Waals surface area contributed by atoms with E-state index < -0.39 is 0 Å². The third kappa shape index (κ3) is 1.85. The summed E-state index contributed by atoms with van der Waals surface area (Å²) in [6.07, 6.45) is 1.42.